The van der Waals surface area contributed by atoms with Crippen molar-refractivity contribution >= 4 is 5.95 Å². The van der Waals surface area contributed by atoms with Gasteiger partial charge in [0, 0.05) is 6.42 Å². The van der Waals surface area contributed by atoms with Crippen LogP contribution < -0.4 is 10.5 Å². The molecule has 0 saturated carbocycles. The highest BCUT2D eigenvalue weighted by Gasteiger charge is 2.19. The number of hydrogen-bond acceptors (Lipinski definition) is 6. The van der Waals surface area contributed by atoms with Crippen LogP contribution in [0.4, 0.5) is 5.95 Å². The lowest BCUT2D eigenvalue weighted by molar-refractivity contribution is 0.138. The average molecular weight is 206 g/mol. The molecular weight excluding hydrogens is 196 g/mol. The molecule has 6 nitrogen and oxygen atoms in total. The van der Waals surface area contributed by atoms with Crippen molar-refractivity contribution < 1.29 is 9.47 Å². The molecule has 1 aromatic heterocycles. The number of hydrogen-bond donors (Lipinski definition) is 1. The summed E-state index contributed by atoms with van der Waals surface area (Å²) in [6, 6.07) is 1.95. The number of ether oxygens (including phenoxy) is 2. The zero-order valence-electron chi connectivity index (χ0n) is 8.01. The van der Waals surface area contributed by atoms with Crippen molar-refractivity contribution in [1.82, 2.24) is 9.97 Å². The number of nitrogens with two attached hydrogens (primary N) is 1. The summed E-state index contributed by atoms with van der Waals surface area (Å²) in [4.78, 5) is 7.59. The summed E-state index contributed by atoms with van der Waals surface area (Å²) < 4.78 is 10.7. The van der Waals surface area contributed by atoms with Gasteiger partial charge in [-0.1, -0.05) is 0 Å². The topological polar surface area (TPSA) is 94.1 Å². The zero-order valence-corrected chi connectivity index (χ0v) is 8.01. The van der Waals surface area contributed by atoms with Gasteiger partial charge in [0.1, 0.15) is 17.7 Å². The van der Waals surface area contributed by atoms with Crippen molar-refractivity contribution in [2.75, 3.05) is 18.9 Å². The van der Waals surface area contributed by atoms with E-state index in [4.69, 9.17) is 20.5 Å². The van der Waals surface area contributed by atoms with Gasteiger partial charge in [-0.2, -0.15) is 10.2 Å². The highest BCUT2D eigenvalue weighted by molar-refractivity contribution is 5.39. The minimum atomic E-state index is -0.0496. The van der Waals surface area contributed by atoms with Gasteiger partial charge in [0.2, 0.25) is 11.8 Å². The first-order valence-electron chi connectivity index (χ1n) is 4.56. The summed E-state index contributed by atoms with van der Waals surface area (Å²) in [5, 5.41) is 8.80. The summed E-state index contributed by atoms with van der Waals surface area (Å²) in [6.45, 7) is 1.20. The molecule has 2 N–H and O–H groups in total. The molecule has 1 fully saturated rings. The predicted molar refractivity (Wildman–Crippen MR) is 51.0 cm³/mol. The SMILES string of the molecule is N#Cc1cnc(N)nc1OC1CCOC1. The summed E-state index contributed by atoms with van der Waals surface area (Å²) in [5.41, 5.74) is 5.70. The molecule has 1 unspecified atom stereocenters. The molecule has 0 aliphatic carbocycles. The summed E-state index contributed by atoms with van der Waals surface area (Å²) in [6.07, 6.45) is 2.11. The van der Waals surface area contributed by atoms with E-state index in [2.05, 4.69) is 9.97 Å². The molecule has 0 amide bonds. The molecule has 1 aliphatic heterocycles. The molecule has 1 saturated heterocycles. The van der Waals surface area contributed by atoms with E-state index in [9.17, 15) is 0 Å². The molecule has 0 radical (unpaired) electrons. The number of nitrogens with zero attached hydrogens (tertiary/aromatic N) is 3. The number of rotatable bonds is 2. The minimum Gasteiger partial charge on any atom is -0.471 e. The van der Waals surface area contributed by atoms with Crippen molar-refractivity contribution in [2.45, 2.75) is 12.5 Å². The van der Waals surface area contributed by atoms with Gasteiger partial charge in [-0.3, -0.25) is 0 Å². The maximum absolute atomic E-state index is 8.80. The van der Waals surface area contributed by atoms with E-state index < -0.39 is 0 Å². The second-order valence-electron chi connectivity index (χ2n) is 3.16. The third kappa shape index (κ3) is 2.14. The van der Waals surface area contributed by atoms with Crippen LogP contribution in [0.5, 0.6) is 5.88 Å². The third-order valence-electron chi connectivity index (χ3n) is 2.06. The van der Waals surface area contributed by atoms with Crippen LogP contribution >= 0.6 is 0 Å². The van der Waals surface area contributed by atoms with E-state index in [1.165, 1.54) is 6.20 Å². The van der Waals surface area contributed by atoms with Crippen molar-refractivity contribution in [2.24, 2.45) is 0 Å². The lowest BCUT2D eigenvalue weighted by Crippen LogP contribution is -2.17. The van der Waals surface area contributed by atoms with Crippen LogP contribution in [-0.4, -0.2) is 29.3 Å². The summed E-state index contributed by atoms with van der Waals surface area (Å²) in [7, 11) is 0. The van der Waals surface area contributed by atoms with Crippen LogP contribution in [0.2, 0.25) is 0 Å². The van der Waals surface area contributed by atoms with E-state index in [1.54, 1.807) is 0 Å². The van der Waals surface area contributed by atoms with Gasteiger partial charge in [-0.15, -0.1) is 0 Å². The fourth-order valence-corrected chi connectivity index (χ4v) is 1.31. The van der Waals surface area contributed by atoms with E-state index in [0.717, 1.165) is 6.42 Å². The van der Waals surface area contributed by atoms with Crippen LogP contribution in [0.1, 0.15) is 12.0 Å². The zero-order chi connectivity index (χ0) is 10.7. The molecule has 15 heavy (non-hydrogen) atoms. The maximum Gasteiger partial charge on any atom is 0.236 e. The number of nitriles is 1. The van der Waals surface area contributed by atoms with Gasteiger partial charge < -0.3 is 15.2 Å². The summed E-state index contributed by atoms with van der Waals surface area (Å²) in [5.74, 6) is 0.336. The van der Waals surface area contributed by atoms with Gasteiger partial charge in [0.15, 0.2) is 0 Å². The Morgan fingerprint density at radius 2 is 2.53 bits per heavy atom. The normalized spacial score (nSPS) is 19.8. The highest BCUT2D eigenvalue weighted by Crippen LogP contribution is 2.18. The highest BCUT2D eigenvalue weighted by atomic mass is 16.5. The quantitative estimate of drug-likeness (QED) is 0.737. The van der Waals surface area contributed by atoms with Gasteiger partial charge in [-0.25, -0.2) is 4.98 Å². The van der Waals surface area contributed by atoms with Crippen LogP contribution in [0.3, 0.4) is 0 Å². The Morgan fingerprint density at radius 1 is 1.67 bits per heavy atom. The van der Waals surface area contributed by atoms with Crippen molar-refractivity contribution in [3.8, 4) is 11.9 Å². The van der Waals surface area contributed by atoms with Gasteiger partial charge in [0.05, 0.1) is 19.4 Å². The Labute approximate surface area is 86.6 Å². The molecule has 78 valence electrons. The average Bonchev–Trinajstić information content (AvgIpc) is 2.71. The van der Waals surface area contributed by atoms with Crippen molar-refractivity contribution in [3.63, 3.8) is 0 Å². The van der Waals surface area contributed by atoms with Gasteiger partial charge in [-0.05, 0) is 0 Å². The maximum atomic E-state index is 8.80. The Bertz CT molecular complexity index is 396. The Kier molecular flexibility index (Phi) is 2.65. The monoisotopic (exact) mass is 206 g/mol. The lowest BCUT2D eigenvalue weighted by atomic mass is 10.3. The lowest BCUT2D eigenvalue weighted by Gasteiger charge is -2.11. The van der Waals surface area contributed by atoms with Gasteiger partial charge in [0.25, 0.3) is 0 Å². The number of nitrogen functional groups attached to an aromatic ring is 1. The van der Waals surface area contributed by atoms with Crippen LogP contribution in [0.25, 0.3) is 0 Å². The molecule has 0 spiro atoms. The van der Waals surface area contributed by atoms with Gasteiger partial charge >= 0.3 is 0 Å². The van der Waals surface area contributed by atoms with E-state index in [0.29, 0.717) is 13.2 Å². The molecule has 2 heterocycles. The Morgan fingerprint density at radius 3 is 3.20 bits per heavy atom. The first-order chi connectivity index (χ1) is 7.29. The largest absolute Gasteiger partial charge is 0.471 e. The van der Waals surface area contributed by atoms with Crippen molar-refractivity contribution in [3.05, 3.63) is 11.8 Å². The number of anilines is 1. The minimum absolute atomic E-state index is 0.0496. The van der Waals surface area contributed by atoms with Crippen LogP contribution in [0, 0.1) is 11.3 Å². The van der Waals surface area contributed by atoms with E-state index in [-0.39, 0.29) is 23.5 Å². The fraction of sp³-hybridized carbons (Fsp3) is 0.444. The first kappa shape index (κ1) is 9.68. The second-order valence-corrected chi connectivity index (χ2v) is 3.16. The Hall–Kier alpha value is -1.87. The van der Waals surface area contributed by atoms with E-state index in [1.807, 2.05) is 6.07 Å². The third-order valence-corrected chi connectivity index (χ3v) is 2.06. The second kappa shape index (κ2) is 4.11. The Balaban J connectivity index is 2.18. The molecule has 0 bridgehead atoms. The van der Waals surface area contributed by atoms with Crippen molar-refractivity contribution in [1.29, 1.82) is 5.26 Å². The molecule has 1 aromatic rings. The number of aromatic nitrogens is 2. The molecule has 1 atom stereocenters. The molecule has 6 heteroatoms. The van der Waals surface area contributed by atoms with Crippen LogP contribution in [0.15, 0.2) is 6.20 Å². The first-order valence-corrected chi connectivity index (χ1v) is 4.56. The fourth-order valence-electron chi connectivity index (χ4n) is 1.31. The predicted octanol–water partition coefficient (Wildman–Crippen LogP) is 0.0982. The standard InChI is InChI=1S/C9H10N4O2/c10-3-6-4-12-9(11)13-8(6)15-7-1-2-14-5-7/h4,7H,1-2,5H2,(H2,11,12,13). The molecule has 0 aromatic carbocycles. The molecule has 1 aliphatic rings. The van der Waals surface area contributed by atoms with E-state index >= 15 is 0 Å². The molecule has 2 rings (SSSR count). The molecular formula is C9H10N4O2. The van der Waals surface area contributed by atoms with Crippen LogP contribution in [-0.2, 0) is 4.74 Å². The smallest absolute Gasteiger partial charge is 0.236 e. The summed E-state index contributed by atoms with van der Waals surface area (Å²) >= 11 is 0.